The number of aromatic nitrogens is 1. The standard InChI is InChI=1S/C20H20IN3O3S/c1-3-27-11-10-24-17-9-8-14(22-13(2)25)12-18(17)28-20(24)23-19(26)15-6-4-5-7-16(15)21/h4-9,12H,3,10-11H2,1-2H3,(H,22,25). The molecule has 0 aliphatic carbocycles. The number of thiazole rings is 1. The lowest BCUT2D eigenvalue weighted by Crippen LogP contribution is -2.20. The molecule has 0 saturated heterocycles. The highest BCUT2D eigenvalue weighted by atomic mass is 127. The number of amides is 2. The number of halogens is 1. The lowest BCUT2D eigenvalue weighted by molar-refractivity contribution is -0.114. The van der Waals surface area contributed by atoms with E-state index in [0.717, 1.165) is 13.8 Å². The molecule has 8 heteroatoms. The molecule has 2 aromatic carbocycles. The zero-order valence-corrected chi connectivity index (χ0v) is 18.5. The number of hydrogen-bond donors (Lipinski definition) is 1. The maximum atomic E-state index is 12.7. The van der Waals surface area contributed by atoms with E-state index in [9.17, 15) is 9.59 Å². The van der Waals surface area contributed by atoms with Gasteiger partial charge in [-0.2, -0.15) is 4.99 Å². The predicted octanol–water partition coefficient (Wildman–Crippen LogP) is 4.04. The Morgan fingerprint density at radius 3 is 2.75 bits per heavy atom. The lowest BCUT2D eigenvalue weighted by atomic mass is 10.2. The Bertz CT molecular complexity index is 1090. The van der Waals surface area contributed by atoms with Gasteiger partial charge in [-0.3, -0.25) is 9.59 Å². The highest BCUT2D eigenvalue weighted by Crippen LogP contribution is 2.22. The number of rotatable bonds is 6. The summed E-state index contributed by atoms with van der Waals surface area (Å²) in [6, 6.07) is 13.1. The minimum atomic E-state index is -0.274. The average Bonchev–Trinajstić information content (AvgIpc) is 2.98. The van der Waals surface area contributed by atoms with Crippen LogP contribution < -0.4 is 10.1 Å². The van der Waals surface area contributed by atoms with Crippen LogP contribution in [0.15, 0.2) is 47.5 Å². The van der Waals surface area contributed by atoms with E-state index < -0.39 is 0 Å². The molecule has 2 amide bonds. The number of anilines is 1. The van der Waals surface area contributed by atoms with Gasteiger partial charge in [-0.15, -0.1) is 0 Å². The first-order valence-electron chi connectivity index (χ1n) is 8.82. The molecule has 0 spiro atoms. The first kappa shape index (κ1) is 20.7. The summed E-state index contributed by atoms with van der Waals surface area (Å²) < 4.78 is 9.29. The first-order valence-corrected chi connectivity index (χ1v) is 10.7. The van der Waals surface area contributed by atoms with Crippen LogP contribution in [-0.4, -0.2) is 29.6 Å². The van der Waals surface area contributed by atoms with Crippen molar-refractivity contribution in [3.05, 3.63) is 56.4 Å². The highest BCUT2D eigenvalue weighted by Gasteiger charge is 2.12. The Labute approximate surface area is 180 Å². The predicted molar refractivity (Wildman–Crippen MR) is 120 cm³/mol. The molecule has 0 radical (unpaired) electrons. The SMILES string of the molecule is CCOCCn1c(=NC(=O)c2ccccc2I)sc2cc(NC(C)=O)ccc21. The fourth-order valence-electron chi connectivity index (χ4n) is 2.74. The summed E-state index contributed by atoms with van der Waals surface area (Å²) in [4.78, 5) is 29.1. The quantitative estimate of drug-likeness (QED) is 0.403. The third-order valence-electron chi connectivity index (χ3n) is 3.97. The summed E-state index contributed by atoms with van der Waals surface area (Å²) >= 11 is 3.56. The van der Waals surface area contributed by atoms with Gasteiger partial charge in [0, 0.05) is 29.3 Å². The highest BCUT2D eigenvalue weighted by molar-refractivity contribution is 14.1. The topological polar surface area (TPSA) is 72.7 Å². The molecule has 1 heterocycles. The van der Waals surface area contributed by atoms with Crippen molar-refractivity contribution in [3.63, 3.8) is 0 Å². The number of fused-ring (bicyclic) bond motifs is 1. The average molecular weight is 509 g/mol. The van der Waals surface area contributed by atoms with Gasteiger partial charge in [0.15, 0.2) is 4.80 Å². The molecule has 28 heavy (non-hydrogen) atoms. The Morgan fingerprint density at radius 1 is 1.25 bits per heavy atom. The van der Waals surface area contributed by atoms with Crippen LogP contribution in [0.5, 0.6) is 0 Å². The lowest BCUT2D eigenvalue weighted by Gasteiger charge is -2.06. The molecule has 0 atom stereocenters. The molecule has 0 saturated carbocycles. The molecule has 1 N–H and O–H groups in total. The van der Waals surface area contributed by atoms with E-state index in [1.807, 2.05) is 47.9 Å². The van der Waals surface area contributed by atoms with E-state index in [4.69, 9.17) is 4.74 Å². The van der Waals surface area contributed by atoms with Crippen LogP contribution in [0.25, 0.3) is 10.2 Å². The van der Waals surface area contributed by atoms with Gasteiger partial charge in [-0.05, 0) is 59.8 Å². The zero-order chi connectivity index (χ0) is 20.1. The fourth-order valence-corrected chi connectivity index (χ4v) is 4.45. The van der Waals surface area contributed by atoms with Crippen molar-refractivity contribution in [1.82, 2.24) is 4.57 Å². The summed E-state index contributed by atoms with van der Waals surface area (Å²) in [5, 5.41) is 2.79. The summed E-state index contributed by atoms with van der Waals surface area (Å²) in [6.07, 6.45) is 0. The Hall–Kier alpha value is -2.04. The van der Waals surface area contributed by atoms with Crippen molar-refractivity contribution >= 4 is 61.6 Å². The number of nitrogens with one attached hydrogen (secondary N) is 1. The number of carbonyl (C=O) groups is 2. The summed E-state index contributed by atoms with van der Waals surface area (Å²) in [6.45, 7) is 5.16. The van der Waals surface area contributed by atoms with Crippen LogP contribution in [0.2, 0.25) is 0 Å². The van der Waals surface area contributed by atoms with Crippen LogP contribution in [-0.2, 0) is 16.1 Å². The van der Waals surface area contributed by atoms with Gasteiger partial charge >= 0.3 is 0 Å². The maximum Gasteiger partial charge on any atom is 0.280 e. The number of hydrogen-bond acceptors (Lipinski definition) is 4. The van der Waals surface area contributed by atoms with E-state index >= 15 is 0 Å². The Morgan fingerprint density at radius 2 is 2.04 bits per heavy atom. The van der Waals surface area contributed by atoms with Crippen molar-refractivity contribution < 1.29 is 14.3 Å². The first-order chi connectivity index (χ1) is 13.5. The maximum absolute atomic E-state index is 12.7. The fraction of sp³-hybridized carbons (Fsp3) is 0.250. The Balaban J connectivity index is 2.08. The second-order valence-corrected chi connectivity index (χ2v) is 8.16. The summed E-state index contributed by atoms with van der Waals surface area (Å²) in [5.41, 5.74) is 2.25. The Kier molecular flexibility index (Phi) is 6.97. The number of ether oxygens (including phenoxy) is 1. The van der Waals surface area contributed by atoms with Crippen LogP contribution in [0.4, 0.5) is 5.69 Å². The molecular weight excluding hydrogens is 489 g/mol. The van der Waals surface area contributed by atoms with Gasteiger partial charge < -0.3 is 14.6 Å². The number of benzene rings is 2. The van der Waals surface area contributed by atoms with Crippen molar-refractivity contribution in [2.75, 3.05) is 18.5 Å². The van der Waals surface area contributed by atoms with Gasteiger partial charge in [-0.1, -0.05) is 23.5 Å². The molecule has 3 rings (SSSR count). The van der Waals surface area contributed by atoms with E-state index in [-0.39, 0.29) is 11.8 Å². The van der Waals surface area contributed by atoms with Gasteiger partial charge in [0.2, 0.25) is 5.91 Å². The molecular formula is C20H20IN3O3S. The molecule has 3 aromatic rings. The molecule has 0 bridgehead atoms. The summed E-state index contributed by atoms with van der Waals surface area (Å²) in [5.74, 6) is -0.400. The zero-order valence-electron chi connectivity index (χ0n) is 15.6. The van der Waals surface area contributed by atoms with Crippen molar-refractivity contribution in [2.24, 2.45) is 4.99 Å². The van der Waals surface area contributed by atoms with Gasteiger partial charge in [0.1, 0.15) is 0 Å². The third-order valence-corrected chi connectivity index (χ3v) is 5.95. The minimum Gasteiger partial charge on any atom is -0.380 e. The second-order valence-electron chi connectivity index (χ2n) is 5.99. The molecule has 1 aromatic heterocycles. The van der Waals surface area contributed by atoms with Crippen LogP contribution >= 0.6 is 33.9 Å². The molecule has 0 aliphatic heterocycles. The van der Waals surface area contributed by atoms with E-state index in [1.165, 1.54) is 18.3 Å². The van der Waals surface area contributed by atoms with Crippen LogP contribution in [0.3, 0.4) is 0 Å². The summed E-state index contributed by atoms with van der Waals surface area (Å²) in [7, 11) is 0. The van der Waals surface area contributed by atoms with Crippen LogP contribution in [0.1, 0.15) is 24.2 Å². The third kappa shape index (κ3) is 4.86. The molecule has 0 aliphatic rings. The minimum absolute atomic E-state index is 0.126. The molecule has 0 unspecified atom stereocenters. The normalized spacial score (nSPS) is 11.8. The smallest absolute Gasteiger partial charge is 0.280 e. The number of nitrogens with zero attached hydrogens (tertiary/aromatic N) is 2. The van der Waals surface area contributed by atoms with E-state index in [2.05, 4.69) is 32.9 Å². The monoisotopic (exact) mass is 509 g/mol. The van der Waals surface area contributed by atoms with Gasteiger partial charge in [-0.25, -0.2) is 0 Å². The molecule has 6 nitrogen and oxygen atoms in total. The number of carbonyl (C=O) groups excluding carboxylic acids is 2. The largest absolute Gasteiger partial charge is 0.380 e. The van der Waals surface area contributed by atoms with Crippen molar-refractivity contribution in [2.45, 2.75) is 20.4 Å². The van der Waals surface area contributed by atoms with Crippen molar-refractivity contribution in [1.29, 1.82) is 0 Å². The van der Waals surface area contributed by atoms with E-state index in [0.29, 0.717) is 35.8 Å². The second kappa shape index (κ2) is 9.44. The van der Waals surface area contributed by atoms with Crippen LogP contribution in [0, 0.1) is 3.57 Å². The van der Waals surface area contributed by atoms with Crippen molar-refractivity contribution in [3.8, 4) is 0 Å². The molecule has 0 fully saturated rings. The van der Waals surface area contributed by atoms with E-state index in [1.54, 1.807) is 6.07 Å². The van der Waals surface area contributed by atoms with Gasteiger partial charge in [0.05, 0.1) is 22.4 Å². The molecule has 146 valence electrons. The van der Waals surface area contributed by atoms with Gasteiger partial charge in [0.25, 0.3) is 5.91 Å².